The summed E-state index contributed by atoms with van der Waals surface area (Å²) in [5.74, 6) is 7.59. The molecule has 0 aliphatic carbocycles. The molecule has 1 aliphatic heterocycles. The average molecular weight is 579 g/mol. The first-order chi connectivity index (χ1) is 21.1. The smallest absolute Gasteiger partial charge is 0.223 e. The molecule has 1 aliphatic rings. The van der Waals surface area contributed by atoms with Crippen LogP contribution in [0.1, 0.15) is 36.0 Å². The molecule has 0 radical (unpaired) electrons. The fourth-order valence-corrected chi connectivity index (χ4v) is 5.79. The van der Waals surface area contributed by atoms with Crippen molar-refractivity contribution in [2.75, 3.05) is 20.2 Å². The molecule has 0 bridgehead atoms. The van der Waals surface area contributed by atoms with E-state index in [1.165, 1.54) is 5.56 Å². The Balaban J connectivity index is 1.47. The van der Waals surface area contributed by atoms with Crippen LogP contribution >= 0.6 is 0 Å². The summed E-state index contributed by atoms with van der Waals surface area (Å²) in [6.07, 6.45) is 5.69. The number of carbonyl (C=O) groups is 1. The van der Waals surface area contributed by atoms with E-state index in [9.17, 15) is 4.79 Å². The summed E-state index contributed by atoms with van der Waals surface area (Å²) in [6.45, 7) is 6.68. The van der Waals surface area contributed by atoms with Crippen LogP contribution in [0.3, 0.4) is 0 Å². The zero-order chi connectivity index (χ0) is 30.0. The average Bonchev–Trinajstić information content (AvgIpc) is 3.47. The standard InChI is InChI=1S/C35H42N6O2/c1-25(12-13-26-8-4-3-5-9-26)41(24-27-14-16-30(43-2)17-15-27)34(40-36)33(39-35(42)28-18-20-37-21-19-28)22-29-23-38-32-11-7-6-10-31(29)32/h3-11,14-17,23,28,33,37-38H,1,12-13,18-22,24,36H2,2H3,(H,39,42)/b40-34-/t33-/m1/s1. The Morgan fingerprint density at radius 3 is 2.49 bits per heavy atom. The second-order valence-corrected chi connectivity index (χ2v) is 11.1. The highest BCUT2D eigenvalue weighted by molar-refractivity contribution is 5.94. The normalized spacial score (nSPS) is 14.8. The van der Waals surface area contributed by atoms with Crippen molar-refractivity contribution in [2.45, 2.75) is 44.7 Å². The van der Waals surface area contributed by atoms with Crippen molar-refractivity contribution in [3.63, 3.8) is 0 Å². The molecule has 5 N–H and O–H groups in total. The van der Waals surface area contributed by atoms with Crippen molar-refractivity contribution in [2.24, 2.45) is 16.9 Å². The molecule has 1 aromatic heterocycles. The third-order valence-corrected chi connectivity index (χ3v) is 8.27. The molecule has 0 saturated carbocycles. The van der Waals surface area contributed by atoms with Gasteiger partial charge in [0.05, 0.1) is 13.2 Å². The van der Waals surface area contributed by atoms with Gasteiger partial charge >= 0.3 is 0 Å². The molecule has 2 heterocycles. The minimum Gasteiger partial charge on any atom is -0.497 e. The fourth-order valence-electron chi connectivity index (χ4n) is 5.79. The van der Waals surface area contributed by atoms with Crippen molar-refractivity contribution < 1.29 is 9.53 Å². The summed E-state index contributed by atoms with van der Waals surface area (Å²) in [6, 6.07) is 26.1. The molecule has 1 saturated heterocycles. The number of nitrogens with one attached hydrogen (secondary N) is 3. The number of hydrogen-bond donors (Lipinski definition) is 4. The van der Waals surface area contributed by atoms with E-state index in [-0.39, 0.29) is 11.8 Å². The van der Waals surface area contributed by atoms with Gasteiger partial charge in [-0.25, -0.2) is 0 Å². The summed E-state index contributed by atoms with van der Waals surface area (Å²) >= 11 is 0. The highest BCUT2D eigenvalue weighted by Crippen LogP contribution is 2.24. The van der Waals surface area contributed by atoms with Gasteiger partial charge in [0.2, 0.25) is 5.91 Å². The van der Waals surface area contributed by atoms with Crippen LogP contribution in [-0.2, 0) is 24.2 Å². The van der Waals surface area contributed by atoms with Crippen LogP contribution in [0.15, 0.2) is 102 Å². The molecule has 8 nitrogen and oxygen atoms in total. The molecule has 5 rings (SSSR count). The number of piperidine rings is 1. The number of aromatic amines is 1. The predicted molar refractivity (Wildman–Crippen MR) is 174 cm³/mol. The molecule has 4 aromatic rings. The number of carbonyl (C=O) groups excluding carboxylic acids is 1. The Morgan fingerprint density at radius 2 is 1.77 bits per heavy atom. The van der Waals surface area contributed by atoms with Gasteiger partial charge in [0.15, 0.2) is 5.84 Å². The summed E-state index contributed by atoms with van der Waals surface area (Å²) in [5.41, 5.74) is 5.30. The highest BCUT2D eigenvalue weighted by Gasteiger charge is 2.30. The van der Waals surface area contributed by atoms with Gasteiger partial charge in [-0.1, -0.05) is 67.2 Å². The van der Waals surface area contributed by atoms with Crippen LogP contribution < -0.4 is 21.2 Å². The van der Waals surface area contributed by atoms with E-state index in [0.717, 1.165) is 65.8 Å². The van der Waals surface area contributed by atoms with Crippen LogP contribution in [0.2, 0.25) is 0 Å². The lowest BCUT2D eigenvalue weighted by Gasteiger charge is -2.34. The molecular weight excluding hydrogens is 536 g/mol. The number of aryl methyl sites for hydroxylation is 1. The van der Waals surface area contributed by atoms with Gasteiger partial charge in [0.25, 0.3) is 0 Å². The number of nitrogens with zero attached hydrogens (tertiary/aromatic N) is 2. The Labute approximate surface area is 254 Å². The molecule has 1 atom stereocenters. The first kappa shape index (κ1) is 29.9. The summed E-state index contributed by atoms with van der Waals surface area (Å²) in [4.78, 5) is 19.1. The molecule has 8 heteroatoms. The summed E-state index contributed by atoms with van der Waals surface area (Å²) in [7, 11) is 1.66. The fraction of sp³-hybridized carbons (Fsp3) is 0.314. The van der Waals surface area contributed by atoms with Gasteiger partial charge in [0, 0.05) is 41.7 Å². The number of allylic oxidation sites excluding steroid dienone is 1. The minimum atomic E-state index is -0.460. The zero-order valence-corrected chi connectivity index (χ0v) is 24.9. The van der Waals surface area contributed by atoms with E-state index in [4.69, 9.17) is 10.6 Å². The maximum absolute atomic E-state index is 13.7. The number of amidine groups is 1. The number of hydrogen-bond acceptors (Lipinski definition) is 5. The number of amides is 1. The topological polar surface area (TPSA) is 108 Å². The zero-order valence-electron chi connectivity index (χ0n) is 24.9. The highest BCUT2D eigenvalue weighted by atomic mass is 16.5. The van der Waals surface area contributed by atoms with E-state index < -0.39 is 6.04 Å². The van der Waals surface area contributed by atoms with Crippen molar-refractivity contribution in [3.05, 3.63) is 114 Å². The number of rotatable bonds is 12. The number of methoxy groups -OCH3 is 1. The van der Waals surface area contributed by atoms with Crippen LogP contribution in [0.5, 0.6) is 5.75 Å². The van der Waals surface area contributed by atoms with E-state index in [1.807, 2.05) is 60.8 Å². The van der Waals surface area contributed by atoms with Gasteiger partial charge in [-0.2, -0.15) is 5.10 Å². The van der Waals surface area contributed by atoms with E-state index in [2.05, 4.69) is 56.5 Å². The first-order valence-electron chi connectivity index (χ1n) is 15.0. The van der Waals surface area contributed by atoms with Crippen LogP contribution in [0.25, 0.3) is 10.9 Å². The number of H-pyrrole nitrogens is 1. The summed E-state index contributed by atoms with van der Waals surface area (Å²) in [5, 5.41) is 12.2. The SMILES string of the molecule is C=C(CCc1ccccc1)N(Cc1ccc(OC)cc1)/C(=N\N)[C@@H](Cc1c[nH]c2ccccc12)NC(=O)C1CCNCC1. The maximum atomic E-state index is 13.7. The second kappa shape index (κ2) is 14.6. The third-order valence-electron chi connectivity index (χ3n) is 8.27. The van der Waals surface area contributed by atoms with Crippen molar-refractivity contribution in [3.8, 4) is 5.75 Å². The molecule has 0 spiro atoms. The number of benzene rings is 3. The molecule has 224 valence electrons. The van der Waals surface area contributed by atoms with E-state index in [1.54, 1.807) is 7.11 Å². The lowest BCUT2D eigenvalue weighted by molar-refractivity contribution is -0.126. The number of nitrogens with two attached hydrogens (primary N) is 1. The first-order valence-corrected chi connectivity index (χ1v) is 15.0. The van der Waals surface area contributed by atoms with E-state index in [0.29, 0.717) is 25.2 Å². The number of ether oxygens (including phenoxy) is 1. The number of fused-ring (bicyclic) bond motifs is 1. The predicted octanol–water partition coefficient (Wildman–Crippen LogP) is 5.12. The number of hydrazone groups is 1. The molecule has 3 aromatic carbocycles. The van der Waals surface area contributed by atoms with Gasteiger partial charge in [-0.3, -0.25) is 4.79 Å². The molecular formula is C35H42N6O2. The van der Waals surface area contributed by atoms with Crippen molar-refractivity contribution in [1.29, 1.82) is 0 Å². The Kier molecular flexibility index (Phi) is 10.1. The van der Waals surface area contributed by atoms with Gasteiger partial charge in [0.1, 0.15) is 5.75 Å². The van der Waals surface area contributed by atoms with Crippen LogP contribution in [0.4, 0.5) is 0 Å². The van der Waals surface area contributed by atoms with Crippen molar-refractivity contribution >= 4 is 22.6 Å². The molecule has 1 fully saturated rings. The molecule has 1 amide bonds. The van der Waals surface area contributed by atoms with Gasteiger partial charge < -0.3 is 31.1 Å². The Morgan fingerprint density at radius 1 is 1.05 bits per heavy atom. The Bertz CT molecular complexity index is 1520. The minimum absolute atomic E-state index is 0.0341. The van der Waals surface area contributed by atoms with Gasteiger partial charge in [-0.05, 0) is 73.7 Å². The van der Waals surface area contributed by atoms with Crippen molar-refractivity contribution in [1.82, 2.24) is 20.5 Å². The van der Waals surface area contributed by atoms with Crippen LogP contribution in [0, 0.1) is 5.92 Å². The Hall–Kier alpha value is -4.56. The van der Waals surface area contributed by atoms with Gasteiger partial charge in [-0.15, -0.1) is 0 Å². The number of para-hydroxylation sites is 1. The number of aromatic nitrogens is 1. The molecule has 0 unspecified atom stereocenters. The monoisotopic (exact) mass is 578 g/mol. The summed E-state index contributed by atoms with van der Waals surface area (Å²) < 4.78 is 5.38. The maximum Gasteiger partial charge on any atom is 0.223 e. The largest absolute Gasteiger partial charge is 0.497 e. The lowest BCUT2D eigenvalue weighted by atomic mass is 9.95. The molecule has 43 heavy (non-hydrogen) atoms. The quantitative estimate of drug-likeness (QED) is 0.0808. The lowest BCUT2D eigenvalue weighted by Crippen LogP contribution is -2.52. The third kappa shape index (κ3) is 7.64. The second-order valence-electron chi connectivity index (χ2n) is 11.1. The van der Waals surface area contributed by atoms with E-state index >= 15 is 0 Å². The van der Waals surface area contributed by atoms with Crippen LogP contribution in [-0.4, -0.2) is 47.9 Å².